The third-order valence-corrected chi connectivity index (χ3v) is 4.17. The summed E-state index contributed by atoms with van der Waals surface area (Å²) in [6, 6.07) is 2.77. The van der Waals surface area contributed by atoms with E-state index in [0.717, 1.165) is 12.1 Å². The second kappa shape index (κ2) is 7.83. The van der Waals surface area contributed by atoms with Gasteiger partial charge in [-0.25, -0.2) is 9.18 Å². The molecule has 0 bridgehead atoms. The molecule has 0 saturated carbocycles. The summed E-state index contributed by atoms with van der Waals surface area (Å²) < 4.78 is 51.4. The molecule has 4 nitrogen and oxygen atoms in total. The van der Waals surface area contributed by atoms with E-state index in [1.165, 1.54) is 17.0 Å². The van der Waals surface area contributed by atoms with Gasteiger partial charge in [-0.15, -0.1) is 0 Å². The lowest BCUT2D eigenvalue weighted by Crippen LogP contribution is -2.46. The van der Waals surface area contributed by atoms with Gasteiger partial charge < -0.3 is 15.3 Å². The third-order valence-electron chi connectivity index (χ3n) is 4.17. The van der Waals surface area contributed by atoms with Gasteiger partial charge >= 0.3 is 12.2 Å². The van der Waals surface area contributed by atoms with Crippen molar-refractivity contribution in [3.05, 3.63) is 35.6 Å². The van der Waals surface area contributed by atoms with Crippen LogP contribution in [-0.2, 0) is 0 Å². The second-order valence-electron chi connectivity index (χ2n) is 5.99. The van der Waals surface area contributed by atoms with Gasteiger partial charge in [0.1, 0.15) is 5.82 Å². The largest absolute Gasteiger partial charge is 0.396 e. The number of nitrogens with one attached hydrogen (secondary N) is 1. The van der Waals surface area contributed by atoms with Crippen LogP contribution in [0.3, 0.4) is 0 Å². The van der Waals surface area contributed by atoms with Gasteiger partial charge in [0.15, 0.2) is 0 Å². The summed E-state index contributed by atoms with van der Waals surface area (Å²) in [4.78, 5) is 13.7. The first-order chi connectivity index (χ1) is 11.3. The fourth-order valence-electron chi connectivity index (χ4n) is 2.74. The molecule has 1 aliphatic heterocycles. The quantitative estimate of drug-likeness (QED) is 0.821. The standard InChI is InChI=1S/C16H20F4N2O2/c17-13-3-1-12(2-4-13)14(9-16(18,19)20)21-15(24)22-7-5-11(10-23)6-8-22/h1-4,11,14,23H,5-10H2,(H,21,24). The summed E-state index contributed by atoms with van der Waals surface area (Å²) in [6.07, 6.45) is -4.46. The van der Waals surface area contributed by atoms with Crippen molar-refractivity contribution in [2.24, 2.45) is 5.92 Å². The van der Waals surface area contributed by atoms with Crippen LogP contribution < -0.4 is 5.32 Å². The number of rotatable bonds is 4. The zero-order valence-electron chi connectivity index (χ0n) is 13.0. The molecule has 1 saturated heterocycles. The Morgan fingerprint density at radius 1 is 1.25 bits per heavy atom. The van der Waals surface area contributed by atoms with Crippen LogP contribution in [0.2, 0.25) is 0 Å². The Labute approximate surface area is 137 Å². The van der Waals surface area contributed by atoms with Crippen molar-refractivity contribution < 1.29 is 27.5 Å². The Kier molecular flexibility index (Phi) is 6.04. The van der Waals surface area contributed by atoms with Crippen LogP contribution in [0.4, 0.5) is 22.4 Å². The first kappa shape index (κ1) is 18.5. The lowest BCUT2D eigenvalue weighted by atomic mass is 9.98. The first-order valence-corrected chi connectivity index (χ1v) is 7.77. The number of likely N-dealkylation sites (tertiary alicyclic amines) is 1. The molecule has 24 heavy (non-hydrogen) atoms. The van der Waals surface area contributed by atoms with E-state index >= 15 is 0 Å². The maximum atomic E-state index is 13.0. The van der Waals surface area contributed by atoms with Crippen LogP contribution in [0.25, 0.3) is 0 Å². The highest BCUT2D eigenvalue weighted by atomic mass is 19.4. The molecule has 0 aromatic heterocycles. The molecular formula is C16H20F4N2O2. The Balaban J connectivity index is 2.04. The van der Waals surface area contributed by atoms with E-state index < -0.39 is 30.5 Å². The average molecular weight is 348 g/mol. The lowest BCUT2D eigenvalue weighted by Gasteiger charge is -2.32. The monoisotopic (exact) mass is 348 g/mol. The smallest absolute Gasteiger partial charge is 0.391 e. The first-order valence-electron chi connectivity index (χ1n) is 7.77. The molecule has 1 heterocycles. The van der Waals surface area contributed by atoms with Crippen LogP contribution in [0, 0.1) is 11.7 Å². The van der Waals surface area contributed by atoms with Crippen molar-refractivity contribution in [2.75, 3.05) is 19.7 Å². The Hall–Kier alpha value is -1.83. The van der Waals surface area contributed by atoms with Crippen LogP contribution in [-0.4, -0.2) is 41.9 Å². The molecule has 2 N–H and O–H groups in total. The molecule has 8 heteroatoms. The van der Waals surface area contributed by atoms with E-state index in [2.05, 4.69) is 5.32 Å². The van der Waals surface area contributed by atoms with Crippen molar-refractivity contribution in [3.63, 3.8) is 0 Å². The Morgan fingerprint density at radius 2 is 1.83 bits per heavy atom. The van der Waals surface area contributed by atoms with Gasteiger partial charge in [-0.05, 0) is 36.5 Å². The molecule has 0 aliphatic carbocycles. The van der Waals surface area contributed by atoms with Crippen molar-refractivity contribution in [1.82, 2.24) is 10.2 Å². The highest BCUT2D eigenvalue weighted by Crippen LogP contribution is 2.30. The number of piperidine rings is 1. The topological polar surface area (TPSA) is 52.6 Å². The van der Waals surface area contributed by atoms with E-state index in [4.69, 9.17) is 5.11 Å². The number of alkyl halides is 3. The summed E-state index contributed by atoms with van der Waals surface area (Å²) in [7, 11) is 0. The minimum Gasteiger partial charge on any atom is -0.396 e. The van der Waals surface area contributed by atoms with Gasteiger partial charge in [-0.1, -0.05) is 12.1 Å². The van der Waals surface area contributed by atoms with Crippen LogP contribution in [0.5, 0.6) is 0 Å². The van der Waals surface area contributed by atoms with Crippen molar-refractivity contribution in [2.45, 2.75) is 31.5 Å². The van der Waals surface area contributed by atoms with E-state index in [9.17, 15) is 22.4 Å². The average Bonchev–Trinajstić information content (AvgIpc) is 2.53. The molecule has 1 aromatic carbocycles. The second-order valence-corrected chi connectivity index (χ2v) is 5.99. The summed E-state index contributed by atoms with van der Waals surface area (Å²) in [6.45, 7) is 0.820. The molecule has 2 amide bonds. The molecule has 1 aliphatic rings. The number of carbonyl (C=O) groups is 1. The van der Waals surface area contributed by atoms with Crippen molar-refractivity contribution in [3.8, 4) is 0 Å². The van der Waals surface area contributed by atoms with Gasteiger partial charge in [-0.2, -0.15) is 13.2 Å². The van der Waals surface area contributed by atoms with Gasteiger partial charge in [-0.3, -0.25) is 0 Å². The number of hydrogen-bond acceptors (Lipinski definition) is 2. The predicted molar refractivity (Wildman–Crippen MR) is 79.7 cm³/mol. The highest BCUT2D eigenvalue weighted by Gasteiger charge is 2.34. The van der Waals surface area contributed by atoms with Crippen molar-refractivity contribution in [1.29, 1.82) is 0 Å². The number of hydrogen-bond donors (Lipinski definition) is 2. The van der Waals surface area contributed by atoms with Crippen LogP contribution in [0.1, 0.15) is 30.9 Å². The number of aliphatic hydroxyl groups excluding tert-OH is 1. The molecule has 0 radical (unpaired) electrons. The van der Waals surface area contributed by atoms with E-state index in [0.29, 0.717) is 25.9 Å². The molecule has 1 unspecified atom stereocenters. The molecule has 2 rings (SSSR count). The van der Waals surface area contributed by atoms with Gasteiger partial charge in [0.2, 0.25) is 0 Å². The number of halogens is 4. The molecule has 1 atom stereocenters. The SMILES string of the molecule is O=C(NC(CC(F)(F)F)c1ccc(F)cc1)N1CCC(CO)CC1. The number of amides is 2. The van der Waals surface area contributed by atoms with Gasteiger partial charge in [0, 0.05) is 19.7 Å². The number of carbonyl (C=O) groups excluding carboxylic acids is 1. The Bertz CT molecular complexity index is 540. The summed E-state index contributed by atoms with van der Waals surface area (Å²) >= 11 is 0. The fraction of sp³-hybridized carbons (Fsp3) is 0.562. The zero-order chi connectivity index (χ0) is 17.7. The molecule has 1 aromatic rings. The van der Waals surface area contributed by atoms with E-state index in [1.807, 2.05) is 0 Å². The lowest BCUT2D eigenvalue weighted by molar-refractivity contribution is -0.139. The van der Waals surface area contributed by atoms with Crippen LogP contribution in [0.15, 0.2) is 24.3 Å². The summed E-state index contributed by atoms with van der Waals surface area (Å²) in [5.41, 5.74) is 0.201. The minimum atomic E-state index is -4.46. The molecule has 1 fully saturated rings. The van der Waals surface area contributed by atoms with Gasteiger partial charge in [0.05, 0.1) is 12.5 Å². The zero-order valence-corrected chi connectivity index (χ0v) is 13.0. The van der Waals surface area contributed by atoms with E-state index in [-0.39, 0.29) is 18.1 Å². The molecule has 0 spiro atoms. The fourth-order valence-corrected chi connectivity index (χ4v) is 2.74. The number of benzene rings is 1. The number of nitrogens with zero attached hydrogens (tertiary/aromatic N) is 1. The molecule has 134 valence electrons. The van der Waals surface area contributed by atoms with Crippen LogP contribution >= 0.6 is 0 Å². The minimum absolute atomic E-state index is 0.0434. The molecular weight excluding hydrogens is 328 g/mol. The number of urea groups is 1. The Morgan fingerprint density at radius 3 is 2.33 bits per heavy atom. The maximum Gasteiger partial charge on any atom is 0.391 e. The summed E-state index contributed by atoms with van der Waals surface area (Å²) in [5, 5.41) is 11.5. The number of aliphatic hydroxyl groups is 1. The summed E-state index contributed by atoms with van der Waals surface area (Å²) in [5.74, 6) is -0.431. The maximum absolute atomic E-state index is 13.0. The normalized spacial score (nSPS) is 17.6. The third kappa shape index (κ3) is 5.36. The highest BCUT2D eigenvalue weighted by molar-refractivity contribution is 5.74. The predicted octanol–water partition coefficient (Wildman–Crippen LogP) is 3.23. The van der Waals surface area contributed by atoms with E-state index in [1.54, 1.807) is 0 Å². The van der Waals surface area contributed by atoms with Crippen molar-refractivity contribution >= 4 is 6.03 Å². The van der Waals surface area contributed by atoms with Gasteiger partial charge in [0.25, 0.3) is 0 Å².